The molecule has 0 bridgehead atoms. The Morgan fingerprint density at radius 1 is 0.974 bits per heavy atom. The molecule has 8 nitrogen and oxygen atoms in total. The lowest BCUT2D eigenvalue weighted by atomic mass is 9.69. The number of rotatable bonds is 5. The Hall–Kier alpha value is -2.88. The smallest absolute Gasteiger partial charge is 0.229 e. The number of aliphatic hydroxyl groups excluding tert-OH is 4. The lowest BCUT2D eigenvalue weighted by Crippen LogP contribution is -2.60. The number of benzene rings is 2. The van der Waals surface area contributed by atoms with Crippen LogP contribution in [-0.4, -0.2) is 69.2 Å². The highest BCUT2D eigenvalue weighted by molar-refractivity contribution is 6.07. The Morgan fingerprint density at radius 2 is 1.66 bits per heavy atom. The maximum absolute atomic E-state index is 13.3. The van der Waals surface area contributed by atoms with E-state index in [1.165, 1.54) is 5.56 Å². The summed E-state index contributed by atoms with van der Waals surface area (Å²) in [6.45, 7) is 5.72. The molecule has 5 rings (SSSR count). The van der Waals surface area contributed by atoms with Crippen molar-refractivity contribution in [1.82, 2.24) is 0 Å². The van der Waals surface area contributed by atoms with Crippen molar-refractivity contribution < 1.29 is 34.7 Å². The fraction of sp³-hybridized carbons (Fsp3) is 0.467. The number of allylic oxidation sites excluding steroid dienone is 2. The van der Waals surface area contributed by atoms with Gasteiger partial charge in [0, 0.05) is 35.7 Å². The number of ketones is 1. The molecular formula is C30H35NO7. The van der Waals surface area contributed by atoms with Crippen LogP contribution in [0.15, 0.2) is 64.8 Å². The Morgan fingerprint density at radius 3 is 2.32 bits per heavy atom. The number of hydrogen-bond donors (Lipinski definition) is 4. The van der Waals surface area contributed by atoms with Crippen LogP contribution in [0.2, 0.25) is 0 Å². The van der Waals surface area contributed by atoms with E-state index in [-0.39, 0.29) is 17.1 Å². The van der Waals surface area contributed by atoms with Gasteiger partial charge in [0.1, 0.15) is 30.2 Å². The first-order valence-corrected chi connectivity index (χ1v) is 13.0. The van der Waals surface area contributed by atoms with E-state index in [1.807, 2.05) is 19.1 Å². The number of ether oxygens (including phenoxy) is 2. The molecular weight excluding hydrogens is 486 g/mol. The van der Waals surface area contributed by atoms with E-state index in [9.17, 15) is 25.2 Å². The molecule has 8 heteroatoms. The molecule has 3 aliphatic rings. The average molecular weight is 522 g/mol. The van der Waals surface area contributed by atoms with Gasteiger partial charge in [-0.2, -0.15) is 0 Å². The zero-order valence-electron chi connectivity index (χ0n) is 21.9. The van der Waals surface area contributed by atoms with Crippen LogP contribution in [0.25, 0.3) is 0 Å². The predicted molar refractivity (Wildman–Crippen MR) is 141 cm³/mol. The van der Waals surface area contributed by atoms with Crippen molar-refractivity contribution in [3.63, 3.8) is 0 Å². The monoisotopic (exact) mass is 521 g/mol. The predicted octanol–water partition coefficient (Wildman–Crippen LogP) is 2.79. The number of aliphatic imine (C=N–C) groups is 1. The van der Waals surface area contributed by atoms with E-state index in [2.05, 4.69) is 38.1 Å². The number of aliphatic hydroxyl groups is 4. The third kappa shape index (κ3) is 5.19. The Labute approximate surface area is 222 Å². The van der Waals surface area contributed by atoms with Crippen molar-refractivity contribution in [2.45, 2.75) is 76.7 Å². The van der Waals surface area contributed by atoms with Gasteiger partial charge in [-0.1, -0.05) is 55.8 Å². The molecule has 1 unspecified atom stereocenters. The summed E-state index contributed by atoms with van der Waals surface area (Å²) in [6.07, 6.45) is -4.95. The largest absolute Gasteiger partial charge is 0.462 e. The highest BCUT2D eigenvalue weighted by Gasteiger charge is 2.45. The molecule has 6 atom stereocenters. The van der Waals surface area contributed by atoms with Crippen LogP contribution in [0, 0.1) is 12.3 Å². The molecule has 2 aliphatic heterocycles. The molecule has 0 amide bonds. The van der Waals surface area contributed by atoms with Crippen LogP contribution in [0.1, 0.15) is 55.7 Å². The summed E-state index contributed by atoms with van der Waals surface area (Å²) in [6, 6.07) is 15.5. The van der Waals surface area contributed by atoms with Gasteiger partial charge in [-0.3, -0.25) is 9.79 Å². The third-order valence-corrected chi connectivity index (χ3v) is 7.68. The molecule has 0 saturated carbocycles. The zero-order chi connectivity index (χ0) is 27.2. The molecule has 1 fully saturated rings. The van der Waals surface area contributed by atoms with Crippen LogP contribution in [0.4, 0.5) is 0 Å². The van der Waals surface area contributed by atoms with Crippen LogP contribution in [0.3, 0.4) is 0 Å². The van der Waals surface area contributed by atoms with Crippen molar-refractivity contribution in [3.8, 4) is 5.75 Å². The van der Waals surface area contributed by atoms with Crippen molar-refractivity contribution >= 4 is 11.5 Å². The van der Waals surface area contributed by atoms with Crippen LogP contribution < -0.4 is 4.74 Å². The van der Waals surface area contributed by atoms with Gasteiger partial charge in [0.05, 0.1) is 6.61 Å². The van der Waals surface area contributed by atoms with Gasteiger partial charge in [-0.15, -0.1) is 0 Å². The van der Waals surface area contributed by atoms with E-state index < -0.39 is 37.3 Å². The summed E-state index contributed by atoms with van der Waals surface area (Å²) >= 11 is 0. The maximum Gasteiger partial charge on any atom is 0.229 e. The van der Waals surface area contributed by atoms with Gasteiger partial charge in [0.15, 0.2) is 5.78 Å². The minimum absolute atomic E-state index is 0.134. The SMILES string of the molecule is Cc1ccc(C2=NC3=C(C(=O)CC(C)(C)C3)C(c3ccc(O[C@@H]4O[C@H](CO)[C@@H](O)[C@@H](O)[C@H]4O)cc3)C2)cc1. The number of nitrogens with zero attached hydrogens (tertiary/aromatic N) is 1. The Balaban J connectivity index is 1.42. The molecule has 202 valence electrons. The van der Waals surface area contributed by atoms with Gasteiger partial charge in [-0.05, 0) is 42.0 Å². The molecule has 38 heavy (non-hydrogen) atoms. The maximum atomic E-state index is 13.3. The molecule has 0 aromatic heterocycles. The topological polar surface area (TPSA) is 129 Å². The molecule has 1 saturated heterocycles. The van der Waals surface area contributed by atoms with Crippen molar-refractivity contribution in [3.05, 3.63) is 76.5 Å². The summed E-state index contributed by atoms with van der Waals surface area (Å²) in [5, 5.41) is 39.8. The van der Waals surface area contributed by atoms with Crippen LogP contribution >= 0.6 is 0 Å². The van der Waals surface area contributed by atoms with Crippen LogP contribution in [-0.2, 0) is 9.53 Å². The van der Waals surface area contributed by atoms with Gasteiger partial charge in [0.25, 0.3) is 0 Å². The quantitative estimate of drug-likeness (QED) is 0.476. The summed E-state index contributed by atoms with van der Waals surface area (Å²) < 4.78 is 11.2. The lowest BCUT2D eigenvalue weighted by Gasteiger charge is -2.39. The first-order chi connectivity index (χ1) is 18.1. The number of carbonyl (C=O) groups is 1. The van der Waals surface area contributed by atoms with E-state index >= 15 is 0 Å². The highest BCUT2D eigenvalue weighted by atomic mass is 16.7. The molecule has 2 aromatic rings. The van der Waals surface area contributed by atoms with E-state index in [0.717, 1.165) is 34.5 Å². The molecule has 0 spiro atoms. The second kappa shape index (κ2) is 10.4. The number of aryl methyl sites for hydroxylation is 1. The second-order valence-electron chi connectivity index (χ2n) is 11.4. The summed E-state index contributed by atoms with van der Waals surface area (Å²) in [4.78, 5) is 18.3. The Kier molecular flexibility index (Phi) is 7.28. The molecule has 2 heterocycles. The molecule has 2 aromatic carbocycles. The first-order valence-electron chi connectivity index (χ1n) is 13.0. The standard InChI is InChI=1S/C30H35NO7/c1-16-4-6-18(7-5-16)21-12-20(25-22(31-21)13-30(2,3)14-23(25)33)17-8-10-19(11-9-17)37-29-28(36)27(35)26(34)24(15-32)38-29/h4-11,20,24,26-29,32,34-36H,12-15H2,1-3H3/t20?,24-,26-,27-,28-,29-/m1/s1. The minimum Gasteiger partial charge on any atom is -0.462 e. The molecule has 4 N–H and O–H groups in total. The Bertz CT molecular complexity index is 1250. The van der Waals surface area contributed by atoms with Crippen molar-refractivity contribution in [2.75, 3.05) is 6.61 Å². The van der Waals surface area contributed by atoms with Gasteiger partial charge in [0.2, 0.25) is 6.29 Å². The third-order valence-electron chi connectivity index (χ3n) is 7.68. The lowest BCUT2D eigenvalue weighted by molar-refractivity contribution is -0.277. The number of carbonyl (C=O) groups excluding carboxylic acids is 1. The van der Waals surface area contributed by atoms with E-state index in [1.54, 1.807) is 12.1 Å². The summed E-state index contributed by atoms with van der Waals surface area (Å²) in [5.74, 6) is 0.366. The zero-order valence-corrected chi connectivity index (χ0v) is 21.9. The van der Waals surface area contributed by atoms with Crippen molar-refractivity contribution in [1.29, 1.82) is 0 Å². The molecule has 0 radical (unpaired) electrons. The number of hydrogen-bond acceptors (Lipinski definition) is 8. The van der Waals surface area contributed by atoms with E-state index in [0.29, 0.717) is 18.6 Å². The minimum atomic E-state index is -1.51. The second-order valence-corrected chi connectivity index (χ2v) is 11.4. The van der Waals surface area contributed by atoms with E-state index in [4.69, 9.17) is 14.5 Å². The highest BCUT2D eigenvalue weighted by Crippen LogP contribution is 2.46. The number of Topliss-reactive ketones (excluding diaryl/α,β-unsaturated/α-hetero) is 1. The fourth-order valence-electron chi connectivity index (χ4n) is 5.59. The molecule has 1 aliphatic carbocycles. The fourth-order valence-corrected chi connectivity index (χ4v) is 5.59. The normalized spacial score (nSPS) is 31.0. The average Bonchev–Trinajstić information content (AvgIpc) is 2.88. The van der Waals surface area contributed by atoms with Gasteiger partial charge >= 0.3 is 0 Å². The van der Waals surface area contributed by atoms with Crippen molar-refractivity contribution in [2.24, 2.45) is 10.4 Å². The summed E-state index contributed by atoms with van der Waals surface area (Å²) in [7, 11) is 0. The van der Waals surface area contributed by atoms with Gasteiger partial charge in [-0.25, -0.2) is 0 Å². The van der Waals surface area contributed by atoms with Crippen LogP contribution in [0.5, 0.6) is 5.75 Å². The summed E-state index contributed by atoms with van der Waals surface area (Å²) in [5.41, 5.74) is 5.62. The first kappa shape index (κ1) is 26.7. The van der Waals surface area contributed by atoms with Gasteiger partial charge < -0.3 is 29.9 Å².